The molecular formula is C19H30F3N5O2. The summed E-state index contributed by atoms with van der Waals surface area (Å²) in [5, 5.41) is 3.22. The lowest BCUT2D eigenvalue weighted by Gasteiger charge is -2.39. The van der Waals surface area contributed by atoms with Crippen LogP contribution in [-0.2, 0) is 11.3 Å². The molecule has 29 heavy (non-hydrogen) atoms. The maximum atomic E-state index is 12.9. The fourth-order valence-corrected chi connectivity index (χ4v) is 2.94. The second-order valence-electron chi connectivity index (χ2n) is 6.76. The number of aromatic nitrogens is 1. The van der Waals surface area contributed by atoms with Gasteiger partial charge in [-0.2, -0.15) is 13.2 Å². The lowest BCUT2D eigenvalue weighted by molar-refractivity contribution is -0.181. The number of piperazine rings is 1. The Morgan fingerprint density at radius 1 is 1.24 bits per heavy atom. The molecule has 10 heteroatoms. The number of methoxy groups -OCH3 is 1. The van der Waals surface area contributed by atoms with E-state index in [4.69, 9.17) is 9.47 Å². The molecule has 1 atom stereocenters. The molecule has 2 rings (SSSR count). The smallest absolute Gasteiger partial charge is 0.403 e. The Morgan fingerprint density at radius 2 is 1.97 bits per heavy atom. The largest absolute Gasteiger partial charge is 0.475 e. The van der Waals surface area contributed by atoms with E-state index in [1.54, 1.807) is 19.4 Å². The zero-order chi connectivity index (χ0) is 21.3. The molecule has 1 fully saturated rings. The zero-order valence-electron chi connectivity index (χ0n) is 17.2. The first-order valence-electron chi connectivity index (χ1n) is 9.75. The third-order valence-electron chi connectivity index (χ3n) is 4.72. The Labute approximate surface area is 169 Å². The summed E-state index contributed by atoms with van der Waals surface area (Å²) in [5.41, 5.74) is 0.920. The molecule has 1 N–H and O–H groups in total. The van der Waals surface area contributed by atoms with Crippen molar-refractivity contribution in [3.05, 3.63) is 23.9 Å². The normalized spacial score (nSPS) is 17.3. The summed E-state index contributed by atoms with van der Waals surface area (Å²) in [7, 11) is 1.61. The van der Waals surface area contributed by atoms with Crippen LogP contribution in [0.25, 0.3) is 0 Å². The van der Waals surface area contributed by atoms with Crippen molar-refractivity contribution < 1.29 is 22.6 Å². The number of hydrogen-bond acceptors (Lipinski definition) is 5. The Kier molecular flexibility index (Phi) is 8.97. The van der Waals surface area contributed by atoms with Crippen molar-refractivity contribution in [2.45, 2.75) is 32.6 Å². The number of nitrogens with zero attached hydrogens (tertiary/aromatic N) is 4. The summed E-state index contributed by atoms with van der Waals surface area (Å²) in [6.07, 6.45) is -2.49. The summed E-state index contributed by atoms with van der Waals surface area (Å²) in [5.74, 6) is 1.23. The molecule has 0 aromatic carbocycles. The van der Waals surface area contributed by atoms with Gasteiger partial charge < -0.3 is 19.7 Å². The number of alkyl halides is 3. The highest BCUT2D eigenvalue weighted by Gasteiger charge is 2.41. The third-order valence-corrected chi connectivity index (χ3v) is 4.72. The summed E-state index contributed by atoms with van der Waals surface area (Å²) in [6, 6.07) is 2.25. The monoisotopic (exact) mass is 417 g/mol. The molecule has 0 radical (unpaired) electrons. The van der Waals surface area contributed by atoms with E-state index < -0.39 is 12.2 Å². The van der Waals surface area contributed by atoms with Crippen molar-refractivity contribution in [1.82, 2.24) is 20.1 Å². The van der Waals surface area contributed by atoms with Gasteiger partial charge in [-0.15, -0.1) is 0 Å². The van der Waals surface area contributed by atoms with Gasteiger partial charge in [0.2, 0.25) is 5.88 Å². The van der Waals surface area contributed by atoms with Crippen molar-refractivity contribution >= 4 is 5.96 Å². The van der Waals surface area contributed by atoms with Gasteiger partial charge in [-0.25, -0.2) is 9.98 Å². The van der Waals surface area contributed by atoms with Crippen LogP contribution in [0.3, 0.4) is 0 Å². The number of guanidine groups is 1. The van der Waals surface area contributed by atoms with E-state index in [1.165, 1.54) is 11.8 Å². The van der Waals surface area contributed by atoms with E-state index in [0.717, 1.165) is 5.56 Å². The second-order valence-corrected chi connectivity index (χ2v) is 6.76. The highest BCUT2D eigenvalue weighted by Crippen LogP contribution is 2.25. The number of pyridine rings is 1. The molecule has 1 aliphatic rings. The number of nitrogens with one attached hydrogen (secondary N) is 1. The molecule has 1 unspecified atom stereocenters. The van der Waals surface area contributed by atoms with Crippen LogP contribution in [-0.4, -0.2) is 86.0 Å². The maximum absolute atomic E-state index is 12.9. The molecule has 0 saturated carbocycles. The fourth-order valence-electron chi connectivity index (χ4n) is 2.94. The van der Waals surface area contributed by atoms with Gasteiger partial charge >= 0.3 is 6.18 Å². The lowest BCUT2D eigenvalue weighted by Crippen LogP contribution is -2.56. The van der Waals surface area contributed by atoms with Crippen LogP contribution in [0.2, 0.25) is 0 Å². The van der Waals surface area contributed by atoms with E-state index in [2.05, 4.69) is 15.3 Å². The first-order chi connectivity index (χ1) is 13.8. The van der Waals surface area contributed by atoms with Gasteiger partial charge in [0, 0.05) is 52.1 Å². The number of rotatable bonds is 8. The Balaban J connectivity index is 1.91. The second kappa shape index (κ2) is 11.2. The van der Waals surface area contributed by atoms with Crippen molar-refractivity contribution in [3.8, 4) is 5.88 Å². The minimum Gasteiger partial charge on any atom is -0.475 e. The molecule has 0 amide bonds. The van der Waals surface area contributed by atoms with Crippen LogP contribution >= 0.6 is 0 Å². The molecule has 0 bridgehead atoms. The number of aliphatic imine (C=N–C) groups is 1. The van der Waals surface area contributed by atoms with Crippen LogP contribution in [0.1, 0.15) is 19.4 Å². The quantitative estimate of drug-likeness (QED) is 0.397. The van der Waals surface area contributed by atoms with E-state index in [1.807, 2.05) is 17.9 Å². The van der Waals surface area contributed by atoms with E-state index in [-0.39, 0.29) is 0 Å². The summed E-state index contributed by atoms with van der Waals surface area (Å²) >= 11 is 0. The van der Waals surface area contributed by atoms with Crippen LogP contribution in [0.15, 0.2) is 23.3 Å². The van der Waals surface area contributed by atoms with Crippen molar-refractivity contribution in [2.75, 3.05) is 53.0 Å². The average molecular weight is 417 g/mol. The van der Waals surface area contributed by atoms with Crippen LogP contribution < -0.4 is 10.1 Å². The van der Waals surface area contributed by atoms with Gasteiger partial charge in [-0.3, -0.25) is 4.90 Å². The van der Waals surface area contributed by atoms with Crippen molar-refractivity contribution in [3.63, 3.8) is 0 Å². The summed E-state index contributed by atoms with van der Waals surface area (Å²) in [4.78, 5) is 12.3. The molecular weight excluding hydrogens is 387 g/mol. The molecule has 164 valence electrons. The van der Waals surface area contributed by atoms with Crippen LogP contribution in [0, 0.1) is 0 Å². The Morgan fingerprint density at radius 3 is 2.52 bits per heavy atom. The van der Waals surface area contributed by atoms with Gasteiger partial charge in [-0.1, -0.05) is 6.07 Å². The number of ether oxygens (including phenoxy) is 2. The molecule has 1 aromatic rings. The number of hydrogen-bond donors (Lipinski definition) is 1. The minimum atomic E-state index is -4.20. The van der Waals surface area contributed by atoms with Crippen LogP contribution in [0.4, 0.5) is 13.2 Å². The first kappa shape index (κ1) is 23.2. The SMILES string of the molecule is CCNC(=NCc1ccc(OCCOC)nc1)N1CCN(C(C)C(F)(F)F)CC1. The van der Waals surface area contributed by atoms with Gasteiger partial charge in [0.15, 0.2) is 5.96 Å². The molecule has 0 spiro atoms. The Bertz CT molecular complexity index is 632. The molecule has 2 heterocycles. The highest BCUT2D eigenvalue weighted by atomic mass is 19.4. The average Bonchev–Trinajstić information content (AvgIpc) is 2.71. The van der Waals surface area contributed by atoms with E-state index >= 15 is 0 Å². The lowest BCUT2D eigenvalue weighted by atomic mass is 10.2. The van der Waals surface area contributed by atoms with Crippen LogP contribution in [0.5, 0.6) is 5.88 Å². The van der Waals surface area contributed by atoms with Crippen molar-refractivity contribution in [1.29, 1.82) is 0 Å². The molecule has 7 nitrogen and oxygen atoms in total. The highest BCUT2D eigenvalue weighted by molar-refractivity contribution is 5.80. The standard InChI is InChI=1S/C19H30F3N5O2/c1-4-23-18(27-9-7-26(8-10-27)15(2)19(20,21)22)25-14-16-5-6-17(24-13-16)29-12-11-28-3/h5-6,13,15H,4,7-12,14H2,1-3H3,(H,23,25). The minimum absolute atomic E-state index is 0.347. The van der Waals surface area contributed by atoms with E-state index in [0.29, 0.717) is 64.3 Å². The predicted octanol–water partition coefficient (Wildman–Crippen LogP) is 2.14. The molecule has 0 aliphatic carbocycles. The fraction of sp³-hybridized carbons (Fsp3) is 0.684. The Hall–Kier alpha value is -2.07. The molecule has 1 aromatic heterocycles. The summed E-state index contributed by atoms with van der Waals surface area (Å²) < 4.78 is 49.1. The first-order valence-corrected chi connectivity index (χ1v) is 9.75. The van der Waals surface area contributed by atoms with E-state index in [9.17, 15) is 13.2 Å². The molecule has 1 saturated heterocycles. The van der Waals surface area contributed by atoms with Gasteiger partial charge in [-0.05, 0) is 19.4 Å². The zero-order valence-corrected chi connectivity index (χ0v) is 17.2. The topological polar surface area (TPSA) is 62.2 Å². The van der Waals surface area contributed by atoms with Crippen molar-refractivity contribution in [2.24, 2.45) is 4.99 Å². The predicted molar refractivity (Wildman–Crippen MR) is 105 cm³/mol. The maximum Gasteiger partial charge on any atom is 0.403 e. The number of halogens is 3. The van der Waals surface area contributed by atoms with Gasteiger partial charge in [0.25, 0.3) is 0 Å². The van der Waals surface area contributed by atoms with Gasteiger partial charge in [0.05, 0.1) is 13.2 Å². The third kappa shape index (κ3) is 7.36. The van der Waals surface area contributed by atoms with Gasteiger partial charge in [0.1, 0.15) is 12.6 Å². The molecule has 1 aliphatic heterocycles. The summed E-state index contributed by atoms with van der Waals surface area (Å²) in [6.45, 7) is 6.90.